The predicted molar refractivity (Wildman–Crippen MR) is 84.0 cm³/mol. The van der Waals surface area contributed by atoms with E-state index in [1.165, 1.54) is 6.07 Å². The van der Waals surface area contributed by atoms with Crippen LogP contribution in [0, 0.1) is 18.6 Å². The predicted octanol–water partition coefficient (Wildman–Crippen LogP) is 3.75. The number of thiazole rings is 1. The van der Waals surface area contributed by atoms with Crippen molar-refractivity contribution >= 4 is 27.9 Å². The number of carbonyl (C=O) groups excluding carboxylic acids is 1. The average Bonchev–Trinajstić information content (AvgIpc) is 3.04. The molecule has 120 valence electrons. The number of halogens is 2. The summed E-state index contributed by atoms with van der Waals surface area (Å²) in [6.45, 7) is 5.70. The number of fused-ring (bicyclic) bond motifs is 1. The summed E-state index contributed by atoms with van der Waals surface area (Å²) in [5.41, 5.74) is 0.193. The first-order chi connectivity index (χ1) is 10.9. The summed E-state index contributed by atoms with van der Waals surface area (Å²) in [5.74, 6) is -1.33. The fourth-order valence-electron chi connectivity index (χ4n) is 2.30. The second kappa shape index (κ2) is 5.69. The maximum Gasteiger partial charge on any atom is 0.267 e. The number of aryl methyl sites for hydroxylation is 1. The van der Waals surface area contributed by atoms with Crippen molar-refractivity contribution in [1.82, 2.24) is 14.6 Å². The maximum absolute atomic E-state index is 13.7. The average molecular weight is 336 g/mol. The van der Waals surface area contributed by atoms with Crippen molar-refractivity contribution in [2.24, 2.45) is 0 Å². The van der Waals surface area contributed by atoms with Crippen LogP contribution in [0.5, 0.6) is 0 Å². The molecule has 1 amide bonds. The van der Waals surface area contributed by atoms with E-state index >= 15 is 0 Å². The topological polar surface area (TPSA) is 59.3 Å². The molecule has 0 aliphatic heterocycles. The minimum Gasteiger partial charge on any atom is -0.316 e. The minimum absolute atomic E-state index is 0.137. The zero-order valence-corrected chi connectivity index (χ0v) is 13.5. The van der Waals surface area contributed by atoms with Gasteiger partial charge in [0.2, 0.25) is 4.96 Å². The molecule has 0 aliphatic rings. The van der Waals surface area contributed by atoms with Crippen molar-refractivity contribution in [3.63, 3.8) is 0 Å². The number of nitrogens with zero attached hydrogens (tertiary/aromatic N) is 3. The smallest absolute Gasteiger partial charge is 0.267 e. The summed E-state index contributed by atoms with van der Waals surface area (Å²) in [6, 6.07) is 3.42. The van der Waals surface area contributed by atoms with Crippen LogP contribution < -0.4 is 5.32 Å². The van der Waals surface area contributed by atoms with Crippen LogP contribution >= 0.6 is 11.3 Å². The Morgan fingerprint density at radius 3 is 2.52 bits per heavy atom. The number of anilines is 1. The van der Waals surface area contributed by atoms with Crippen LogP contribution in [0.15, 0.2) is 18.2 Å². The molecule has 5 nitrogen and oxygen atoms in total. The molecular formula is C15H14F2N4OS. The van der Waals surface area contributed by atoms with E-state index < -0.39 is 23.2 Å². The highest BCUT2D eigenvalue weighted by Crippen LogP contribution is 2.27. The first kappa shape index (κ1) is 15.5. The lowest BCUT2D eigenvalue weighted by Crippen LogP contribution is -2.14. The van der Waals surface area contributed by atoms with Gasteiger partial charge in [-0.2, -0.15) is 0 Å². The first-order valence-corrected chi connectivity index (χ1v) is 7.81. The summed E-state index contributed by atoms with van der Waals surface area (Å²) >= 11 is 1.13. The Bertz CT molecular complexity index is 880. The standard InChI is InChI=1S/C15H14F2N4OS/c1-7(2)13-19-20-15-21(13)8(3)12(23-15)14(22)18-11-9(16)5-4-6-10(11)17/h4-7H,1-3H3,(H,18,22). The third-order valence-corrected chi connectivity index (χ3v) is 4.57. The molecule has 0 fully saturated rings. The van der Waals surface area contributed by atoms with Crippen LogP contribution in [0.3, 0.4) is 0 Å². The first-order valence-electron chi connectivity index (χ1n) is 7.00. The molecule has 2 aromatic heterocycles. The van der Waals surface area contributed by atoms with Gasteiger partial charge < -0.3 is 5.32 Å². The highest BCUT2D eigenvalue weighted by Gasteiger charge is 2.22. The highest BCUT2D eigenvalue weighted by atomic mass is 32.1. The number of nitrogens with one attached hydrogen (secondary N) is 1. The Hall–Kier alpha value is -2.35. The number of amides is 1. The lowest BCUT2D eigenvalue weighted by molar-refractivity contribution is 0.102. The fraction of sp³-hybridized carbons (Fsp3) is 0.267. The van der Waals surface area contributed by atoms with Gasteiger partial charge in [0.1, 0.15) is 28.0 Å². The molecule has 0 aliphatic carbocycles. The fourth-order valence-corrected chi connectivity index (χ4v) is 3.27. The molecule has 0 unspecified atom stereocenters. The SMILES string of the molecule is Cc1c(C(=O)Nc2c(F)cccc2F)sc2nnc(C(C)C)n12. The molecule has 8 heteroatoms. The number of benzene rings is 1. The highest BCUT2D eigenvalue weighted by molar-refractivity contribution is 7.19. The van der Waals surface area contributed by atoms with Gasteiger partial charge in [-0.05, 0) is 19.1 Å². The Morgan fingerprint density at radius 2 is 1.91 bits per heavy atom. The molecule has 0 spiro atoms. The summed E-state index contributed by atoms with van der Waals surface area (Å²) in [5, 5.41) is 10.4. The van der Waals surface area contributed by atoms with E-state index in [1.807, 2.05) is 13.8 Å². The van der Waals surface area contributed by atoms with Gasteiger partial charge in [0.25, 0.3) is 5.91 Å². The summed E-state index contributed by atoms with van der Waals surface area (Å²) in [6.07, 6.45) is 0. The lowest BCUT2D eigenvalue weighted by Gasteiger charge is -2.07. The molecule has 0 saturated heterocycles. The molecule has 1 aromatic carbocycles. The van der Waals surface area contributed by atoms with Gasteiger partial charge in [-0.1, -0.05) is 31.3 Å². The second-order valence-corrected chi connectivity index (χ2v) is 6.38. The third kappa shape index (κ3) is 2.59. The van der Waals surface area contributed by atoms with Crippen LogP contribution in [-0.2, 0) is 0 Å². The van der Waals surface area contributed by atoms with Crippen molar-refractivity contribution in [3.8, 4) is 0 Å². The van der Waals surface area contributed by atoms with Crippen molar-refractivity contribution < 1.29 is 13.6 Å². The van der Waals surface area contributed by atoms with Crippen LogP contribution in [0.2, 0.25) is 0 Å². The van der Waals surface area contributed by atoms with Gasteiger partial charge in [0.05, 0.1) is 0 Å². The van der Waals surface area contributed by atoms with E-state index in [0.717, 1.165) is 29.3 Å². The Labute approximate surface area is 135 Å². The van der Waals surface area contributed by atoms with Gasteiger partial charge >= 0.3 is 0 Å². The van der Waals surface area contributed by atoms with Gasteiger partial charge in [-0.3, -0.25) is 9.20 Å². The van der Waals surface area contributed by atoms with Crippen LogP contribution in [0.25, 0.3) is 4.96 Å². The van der Waals surface area contributed by atoms with Crippen LogP contribution in [0.4, 0.5) is 14.5 Å². The van der Waals surface area contributed by atoms with E-state index in [2.05, 4.69) is 15.5 Å². The van der Waals surface area contributed by atoms with Gasteiger partial charge in [-0.15, -0.1) is 10.2 Å². The molecule has 3 aromatic rings. The van der Waals surface area contributed by atoms with Crippen molar-refractivity contribution in [3.05, 3.63) is 46.2 Å². The number of hydrogen-bond acceptors (Lipinski definition) is 4. The summed E-state index contributed by atoms with van der Waals surface area (Å²) in [7, 11) is 0. The normalized spacial score (nSPS) is 11.4. The molecule has 0 radical (unpaired) electrons. The number of hydrogen-bond donors (Lipinski definition) is 1. The van der Waals surface area contributed by atoms with Crippen LogP contribution in [0.1, 0.15) is 41.0 Å². The van der Waals surface area contributed by atoms with Gasteiger partial charge in [0.15, 0.2) is 0 Å². The number of aromatic nitrogens is 3. The lowest BCUT2D eigenvalue weighted by atomic mass is 10.2. The second-order valence-electron chi connectivity index (χ2n) is 5.40. The van der Waals surface area contributed by atoms with Crippen LogP contribution in [-0.4, -0.2) is 20.5 Å². The monoisotopic (exact) mass is 336 g/mol. The summed E-state index contributed by atoms with van der Waals surface area (Å²) < 4.78 is 29.1. The minimum atomic E-state index is -0.818. The van der Waals surface area contributed by atoms with Crippen molar-refractivity contribution in [2.45, 2.75) is 26.7 Å². The van der Waals surface area contributed by atoms with E-state index in [-0.39, 0.29) is 5.92 Å². The Kier molecular flexibility index (Phi) is 3.85. The summed E-state index contributed by atoms with van der Waals surface area (Å²) in [4.78, 5) is 13.3. The maximum atomic E-state index is 13.7. The van der Waals surface area contributed by atoms with Crippen molar-refractivity contribution in [2.75, 3.05) is 5.32 Å². The molecular weight excluding hydrogens is 322 g/mol. The molecule has 0 atom stereocenters. The third-order valence-electron chi connectivity index (χ3n) is 3.44. The molecule has 1 N–H and O–H groups in total. The van der Waals surface area contributed by atoms with Gasteiger partial charge in [-0.25, -0.2) is 8.78 Å². The van der Waals surface area contributed by atoms with E-state index in [4.69, 9.17) is 0 Å². The zero-order chi connectivity index (χ0) is 16.7. The quantitative estimate of drug-likeness (QED) is 0.792. The van der Waals surface area contributed by atoms with Gasteiger partial charge in [0, 0.05) is 11.6 Å². The van der Waals surface area contributed by atoms with E-state index in [0.29, 0.717) is 15.5 Å². The van der Waals surface area contributed by atoms with E-state index in [9.17, 15) is 13.6 Å². The number of rotatable bonds is 3. The molecule has 23 heavy (non-hydrogen) atoms. The Morgan fingerprint density at radius 1 is 1.26 bits per heavy atom. The molecule has 2 heterocycles. The molecule has 3 rings (SSSR count). The van der Waals surface area contributed by atoms with Crippen molar-refractivity contribution in [1.29, 1.82) is 0 Å². The molecule has 0 saturated carbocycles. The number of para-hydroxylation sites is 1. The van der Waals surface area contributed by atoms with E-state index in [1.54, 1.807) is 11.3 Å². The zero-order valence-electron chi connectivity index (χ0n) is 12.7. The Balaban J connectivity index is 2.00. The number of carbonyl (C=O) groups is 1. The largest absolute Gasteiger partial charge is 0.316 e. The molecule has 0 bridgehead atoms.